The maximum Gasteiger partial charge on any atom is 0.414 e. The number of carbonyl (C=O) groups is 2. The molecule has 0 saturated heterocycles. The lowest BCUT2D eigenvalue weighted by atomic mass is 10.1. The van der Waals surface area contributed by atoms with Gasteiger partial charge in [0.25, 0.3) is 11.8 Å². The summed E-state index contributed by atoms with van der Waals surface area (Å²) >= 11 is 0. The molecule has 0 radical (unpaired) electrons. The van der Waals surface area contributed by atoms with E-state index in [1.807, 2.05) is 0 Å². The van der Waals surface area contributed by atoms with Crippen molar-refractivity contribution in [1.29, 1.82) is 0 Å². The first-order valence-electron chi connectivity index (χ1n) is 10.3. The minimum atomic E-state index is -1.82. The highest BCUT2D eigenvalue weighted by Crippen LogP contribution is 2.15. The molecule has 0 fully saturated rings. The molecule has 0 atom stereocenters. The zero-order valence-electron chi connectivity index (χ0n) is 18.9. The molecule has 0 amide bonds. The number of hydrogen-bond acceptors (Lipinski definition) is 12. The summed E-state index contributed by atoms with van der Waals surface area (Å²) in [5.41, 5.74) is 2.15. The third kappa shape index (κ3) is 9.19. The molecule has 2 aliphatic heterocycles. The standard InChI is InChI=1S/2C9H13N3O2.C2H2O4/c2*1-13-6-8-11-9(14-12-8)7-3-2-4-10-5-7;3-1(4)2(5)6/h2*3,10H,2,4-6H2,1H3;(H,3,4)(H,5,6). The quantitative estimate of drug-likeness (QED) is 0.413. The highest BCUT2D eigenvalue weighted by molar-refractivity contribution is 6.27. The van der Waals surface area contributed by atoms with Crippen LogP contribution in [0.3, 0.4) is 0 Å². The maximum atomic E-state index is 9.10. The topological polar surface area (TPSA) is 195 Å². The van der Waals surface area contributed by atoms with Crippen LogP contribution in [-0.2, 0) is 32.3 Å². The molecule has 14 nitrogen and oxygen atoms in total. The van der Waals surface area contributed by atoms with Crippen molar-refractivity contribution in [3.05, 3.63) is 35.6 Å². The highest BCUT2D eigenvalue weighted by Gasteiger charge is 2.14. The molecule has 0 bridgehead atoms. The van der Waals surface area contributed by atoms with Crippen LogP contribution in [0.1, 0.15) is 36.3 Å². The number of carboxylic acid groups (broad SMARTS) is 2. The molecule has 2 aromatic heterocycles. The Hall–Kier alpha value is -3.46. The third-order valence-electron chi connectivity index (χ3n) is 4.27. The van der Waals surface area contributed by atoms with Crippen LogP contribution in [-0.4, -0.2) is 82.8 Å². The molecule has 2 aliphatic rings. The van der Waals surface area contributed by atoms with Gasteiger partial charge in [-0.05, 0) is 25.9 Å². The second-order valence-electron chi connectivity index (χ2n) is 6.90. The lowest BCUT2D eigenvalue weighted by Gasteiger charge is -2.09. The Morgan fingerprint density at radius 3 is 1.56 bits per heavy atom. The van der Waals surface area contributed by atoms with E-state index in [-0.39, 0.29) is 0 Å². The zero-order chi connectivity index (χ0) is 24.8. The molecule has 34 heavy (non-hydrogen) atoms. The first kappa shape index (κ1) is 26.8. The van der Waals surface area contributed by atoms with Gasteiger partial charge in [0.05, 0.1) is 0 Å². The molecule has 4 heterocycles. The van der Waals surface area contributed by atoms with Gasteiger partial charge in [-0.15, -0.1) is 0 Å². The third-order valence-corrected chi connectivity index (χ3v) is 4.27. The van der Waals surface area contributed by atoms with Gasteiger partial charge in [0.1, 0.15) is 13.2 Å². The van der Waals surface area contributed by atoms with Crippen molar-refractivity contribution in [3.8, 4) is 0 Å². The Labute approximate surface area is 195 Å². The van der Waals surface area contributed by atoms with Crippen molar-refractivity contribution in [2.24, 2.45) is 0 Å². The summed E-state index contributed by atoms with van der Waals surface area (Å²) in [4.78, 5) is 26.6. The van der Waals surface area contributed by atoms with E-state index < -0.39 is 11.9 Å². The largest absolute Gasteiger partial charge is 0.473 e. The molecule has 186 valence electrons. The summed E-state index contributed by atoms with van der Waals surface area (Å²) in [5, 5.41) is 28.9. The summed E-state index contributed by atoms with van der Waals surface area (Å²) in [6.07, 6.45) is 6.27. The van der Waals surface area contributed by atoms with Gasteiger partial charge in [-0.1, -0.05) is 22.5 Å². The molecule has 0 aromatic carbocycles. The summed E-state index contributed by atoms with van der Waals surface area (Å²) < 4.78 is 20.0. The van der Waals surface area contributed by atoms with Gasteiger partial charge in [-0.2, -0.15) is 9.97 Å². The fraction of sp³-hybridized carbons (Fsp3) is 0.500. The second-order valence-corrected chi connectivity index (χ2v) is 6.90. The summed E-state index contributed by atoms with van der Waals surface area (Å²) in [7, 11) is 3.22. The molecule has 14 heteroatoms. The fourth-order valence-electron chi connectivity index (χ4n) is 2.76. The SMILES string of the molecule is COCc1noc(C2=CCCNC2)n1.COCc1noc(C2=CCCNC2)n1.O=C(O)C(=O)O. The van der Waals surface area contributed by atoms with Gasteiger partial charge in [-0.25, -0.2) is 9.59 Å². The Bertz CT molecular complexity index is 905. The maximum absolute atomic E-state index is 9.10. The van der Waals surface area contributed by atoms with E-state index in [9.17, 15) is 0 Å². The van der Waals surface area contributed by atoms with Gasteiger partial charge in [0.2, 0.25) is 0 Å². The molecule has 0 saturated carbocycles. The van der Waals surface area contributed by atoms with Crippen molar-refractivity contribution in [2.45, 2.75) is 26.1 Å². The molecule has 0 aliphatic carbocycles. The number of nitrogens with zero attached hydrogens (tertiary/aromatic N) is 4. The number of hydrogen-bond donors (Lipinski definition) is 4. The monoisotopic (exact) mass is 480 g/mol. The molecule has 4 N–H and O–H groups in total. The van der Waals surface area contributed by atoms with Gasteiger partial charge < -0.3 is 39.4 Å². The minimum Gasteiger partial charge on any atom is -0.473 e. The minimum absolute atomic E-state index is 0.393. The molecule has 0 spiro atoms. The van der Waals surface area contributed by atoms with Crippen molar-refractivity contribution in [1.82, 2.24) is 30.9 Å². The predicted molar refractivity (Wildman–Crippen MR) is 116 cm³/mol. The number of aliphatic carboxylic acids is 2. The predicted octanol–water partition coefficient (Wildman–Crippen LogP) is 0.341. The van der Waals surface area contributed by atoms with Crippen LogP contribution in [0.2, 0.25) is 0 Å². The van der Waals surface area contributed by atoms with E-state index in [4.69, 9.17) is 38.3 Å². The highest BCUT2D eigenvalue weighted by atomic mass is 16.5. The fourth-order valence-corrected chi connectivity index (χ4v) is 2.76. The lowest BCUT2D eigenvalue weighted by molar-refractivity contribution is -0.159. The van der Waals surface area contributed by atoms with Gasteiger partial charge >= 0.3 is 11.9 Å². The molecular weight excluding hydrogens is 452 g/mol. The first-order valence-corrected chi connectivity index (χ1v) is 10.3. The number of rotatable bonds is 6. The normalized spacial score (nSPS) is 15.1. The molecular formula is C20H28N6O8. The second kappa shape index (κ2) is 14.6. The van der Waals surface area contributed by atoms with Crippen LogP contribution in [0.25, 0.3) is 11.1 Å². The summed E-state index contributed by atoms with van der Waals surface area (Å²) in [6, 6.07) is 0. The van der Waals surface area contributed by atoms with E-state index >= 15 is 0 Å². The zero-order valence-corrected chi connectivity index (χ0v) is 18.9. The van der Waals surface area contributed by atoms with Crippen LogP contribution in [0.15, 0.2) is 21.2 Å². The Morgan fingerprint density at radius 2 is 1.26 bits per heavy atom. The van der Waals surface area contributed by atoms with E-state index in [1.54, 1.807) is 14.2 Å². The summed E-state index contributed by atoms with van der Waals surface area (Å²) in [5.74, 6) is -1.26. The summed E-state index contributed by atoms with van der Waals surface area (Å²) in [6.45, 7) is 4.42. The molecule has 0 unspecified atom stereocenters. The van der Waals surface area contributed by atoms with E-state index in [2.05, 4.69) is 43.1 Å². The van der Waals surface area contributed by atoms with Crippen molar-refractivity contribution in [2.75, 3.05) is 40.4 Å². The molecule has 4 rings (SSSR count). The number of ether oxygens (including phenoxy) is 2. The molecule has 2 aromatic rings. The smallest absolute Gasteiger partial charge is 0.414 e. The number of nitrogens with one attached hydrogen (secondary N) is 2. The van der Waals surface area contributed by atoms with Crippen LogP contribution in [0, 0.1) is 0 Å². The Balaban J connectivity index is 0.000000196. The van der Waals surface area contributed by atoms with Crippen molar-refractivity contribution in [3.63, 3.8) is 0 Å². The van der Waals surface area contributed by atoms with Crippen molar-refractivity contribution < 1.29 is 38.3 Å². The van der Waals surface area contributed by atoms with Gasteiger partial charge in [-0.3, -0.25) is 0 Å². The van der Waals surface area contributed by atoms with Crippen LogP contribution < -0.4 is 10.6 Å². The van der Waals surface area contributed by atoms with E-state index in [1.165, 1.54) is 0 Å². The average molecular weight is 480 g/mol. The van der Waals surface area contributed by atoms with Crippen LogP contribution >= 0.6 is 0 Å². The Morgan fingerprint density at radius 1 is 0.853 bits per heavy atom. The van der Waals surface area contributed by atoms with Crippen LogP contribution in [0.4, 0.5) is 0 Å². The number of aromatic nitrogens is 4. The van der Waals surface area contributed by atoms with Gasteiger partial charge in [0.15, 0.2) is 11.6 Å². The lowest BCUT2D eigenvalue weighted by Crippen LogP contribution is -2.21. The van der Waals surface area contributed by atoms with E-state index in [0.717, 1.165) is 50.2 Å². The number of carboxylic acids is 2. The average Bonchev–Trinajstić information content (AvgIpc) is 3.52. The first-order chi connectivity index (χ1) is 16.4. The van der Waals surface area contributed by atoms with Crippen LogP contribution in [0.5, 0.6) is 0 Å². The van der Waals surface area contributed by atoms with Gasteiger partial charge in [0, 0.05) is 38.5 Å². The number of methoxy groups -OCH3 is 2. The van der Waals surface area contributed by atoms with Crippen molar-refractivity contribution >= 4 is 23.1 Å². The van der Waals surface area contributed by atoms with E-state index in [0.29, 0.717) is 36.6 Å². The Kier molecular flexibility index (Phi) is 11.5.